The number of para-hydroxylation sites is 1. The minimum absolute atomic E-state index is 0.483. The molecule has 0 bridgehead atoms. The van der Waals surface area contributed by atoms with Crippen LogP contribution in [0.5, 0.6) is 0 Å². The molecule has 2 nitrogen and oxygen atoms in total. The molecule has 3 heteroatoms. The van der Waals surface area contributed by atoms with Crippen LogP contribution in [-0.4, -0.2) is 15.4 Å². The summed E-state index contributed by atoms with van der Waals surface area (Å²) in [5.41, 5.74) is 4.22. The van der Waals surface area contributed by atoms with Gasteiger partial charge in [-0.3, -0.25) is 0 Å². The molecule has 0 aliphatic heterocycles. The van der Waals surface area contributed by atoms with E-state index in [2.05, 4.69) is 43.5 Å². The lowest BCUT2D eigenvalue weighted by Gasteiger charge is -2.22. The fourth-order valence-electron chi connectivity index (χ4n) is 3.25. The van der Waals surface area contributed by atoms with Crippen molar-refractivity contribution >= 4 is 22.6 Å². The highest BCUT2D eigenvalue weighted by Crippen LogP contribution is 2.53. The number of benzene rings is 1. The molecule has 1 aliphatic rings. The first-order valence-electron chi connectivity index (χ1n) is 7.58. The number of halogens is 1. The standard InChI is InChI=1S/C17H23ClN2/c1-12(2)17(8-9-17)11-20-15(7-10-18)19-14-6-4-5-13(3)16(14)20/h4-6,12H,7-11H2,1-3H3. The van der Waals surface area contributed by atoms with Gasteiger partial charge in [0.15, 0.2) is 0 Å². The van der Waals surface area contributed by atoms with Crippen molar-refractivity contribution < 1.29 is 0 Å². The van der Waals surface area contributed by atoms with Gasteiger partial charge < -0.3 is 4.57 Å². The molecule has 3 rings (SSSR count). The number of hydrogen-bond acceptors (Lipinski definition) is 1. The van der Waals surface area contributed by atoms with Crippen molar-refractivity contribution in [1.82, 2.24) is 9.55 Å². The molecule has 0 spiro atoms. The molecule has 0 N–H and O–H groups in total. The minimum atomic E-state index is 0.483. The van der Waals surface area contributed by atoms with E-state index in [1.54, 1.807) is 0 Å². The van der Waals surface area contributed by atoms with Crippen LogP contribution in [0.2, 0.25) is 0 Å². The minimum Gasteiger partial charge on any atom is -0.327 e. The van der Waals surface area contributed by atoms with Crippen LogP contribution in [0.3, 0.4) is 0 Å². The molecule has 0 radical (unpaired) electrons. The Morgan fingerprint density at radius 2 is 2.10 bits per heavy atom. The van der Waals surface area contributed by atoms with Crippen LogP contribution in [0.15, 0.2) is 18.2 Å². The molecular weight excluding hydrogens is 268 g/mol. The van der Waals surface area contributed by atoms with Crippen LogP contribution in [0.4, 0.5) is 0 Å². The Bertz CT molecular complexity index is 623. The second-order valence-corrected chi connectivity index (χ2v) is 6.89. The highest BCUT2D eigenvalue weighted by molar-refractivity contribution is 6.17. The van der Waals surface area contributed by atoms with Crippen LogP contribution in [0, 0.1) is 18.3 Å². The summed E-state index contributed by atoms with van der Waals surface area (Å²) in [5.74, 6) is 2.51. The van der Waals surface area contributed by atoms with Gasteiger partial charge >= 0.3 is 0 Å². The molecule has 1 aliphatic carbocycles. The number of nitrogens with zero attached hydrogens (tertiary/aromatic N) is 2. The van der Waals surface area contributed by atoms with Crippen LogP contribution >= 0.6 is 11.6 Å². The average molecular weight is 291 g/mol. The molecule has 1 saturated carbocycles. The summed E-state index contributed by atoms with van der Waals surface area (Å²) in [6.07, 6.45) is 3.54. The third kappa shape index (κ3) is 2.24. The van der Waals surface area contributed by atoms with Crippen molar-refractivity contribution in [3.05, 3.63) is 29.6 Å². The van der Waals surface area contributed by atoms with Crippen LogP contribution in [-0.2, 0) is 13.0 Å². The van der Waals surface area contributed by atoms with Gasteiger partial charge in [0.2, 0.25) is 0 Å². The smallest absolute Gasteiger partial charge is 0.111 e. The fourth-order valence-corrected chi connectivity index (χ4v) is 3.42. The third-order valence-electron chi connectivity index (χ3n) is 4.96. The maximum absolute atomic E-state index is 5.97. The highest BCUT2D eigenvalue weighted by Gasteiger charge is 2.46. The van der Waals surface area contributed by atoms with Crippen LogP contribution in [0.25, 0.3) is 11.0 Å². The number of fused-ring (bicyclic) bond motifs is 1. The van der Waals surface area contributed by atoms with Gasteiger partial charge in [0.25, 0.3) is 0 Å². The Labute approximate surface area is 126 Å². The summed E-state index contributed by atoms with van der Waals surface area (Å²) in [6.45, 7) is 7.97. The van der Waals surface area contributed by atoms with E-state index in [0.717, 1.165) is 30.2 Å². The van der Waals surface area contributed by atoms with E-state index in [9.17, 15) is 0 Å². The van der Waals surface area contributed by atoms with E-state index in [1.807, 2.05) is 0 Å². The van der Waals surface area contributed by atoms with Gasteiger partial charge in [0.05, 0.1) is 11.0 Å². The maximum atomic E-state index is 5.97. The van der Waals surface area contributed by atoms with Crippen LogP contribution < -0.4 is 0 Å². The molecule has 0 saturated heterocycles. The molecule has 108 valence electrons. The van der Waals surface area contributed by atoms with Gasteiger partial charge in [-0.05, 0) is 42.7 Å². The molecule has 2 aromatic rings. The molecule has 1 heterocycles. The summed E-state index contributed by atoms with van der Waals surface area (Å²) in [7, 11) is 0. The summed E-state index contributed by atoms with van der Waals surface area (Å²) < 4.78 is 2.44. The van der Waals surface area contributed by atoms with Gasteiger partial charge in [0, 0.05) is 18.8 Å². The first kappa shape index (κ1) is 13.9. The van der Waals surface area contributed by atoms with Crippen molar-refractivity contribution in [2.24, 2.45) is 11.3 Å². The monoisotopic (exact) mass is 290 g/mol. The summed E-state index contributed by atoms with van der Waals surface area (Å²) in [6, 6.07) is 6.39. The zero-order valence-corrected chi connectivity index (χ0v) is 13.4. The summed E-state index contributed by atoms with van der Waals surface area (Å²) in [5, 5.41) is 0. The van der Waals surface area contributed by atoms with Crippen molar-refractivity contribution in [1.29, 1.82) is 0 Å². The number of alkyl halides is 1. The number of hydrogen-bond donors (Lipinski definition) is 0. The Morgan fingerprint density at radius 1 is 1.35 bits per heavy atom. The maximum Gasteiger partial charge on any atom is 0.111 e. The zero-order chi connectivity index (χ0) is 14.3. The number of imidazole rings is 1. The van der Waals surface area contributed by atoms with Gasteiger partial charge in [-0.2, -0.15) is 0 Å². The second kappa shape index (κ2) is 5.07. The van der Waals surface area contributed by atoms with Crippen molar-refractivity contribution in [2.45, 2.75) is 46.6 Å². The Balaban J connectivity index is 2.09. The number of rotatable bonds is 5. The van der Waals surface area contributed by atoms with E-state index >= 15 is 0 Å². The van der Waals surface area contributed by atoms with Gasteiger partial charge in [0.1, 0.15) is 5.82 Å². The first-order valence-corrected chi connectivity index (χ1v) is 8.11. The fraction of sp³-hybridized carbons (Fsp3) is 0.588. The molecule has 0 atom stereocenters. The Hall–Kier alpha value is -1.02. The molecule has 1 aromatic heterocycles. The van der Waals surface area contributed by atoms with Crippen LogP contribution in [0.1, 0.15) is 38.1 Å². The van der Waals surface area contributed by atoms with E-state index in [1.165, 1.54) is 23.9 Å². The molecule has 20 heavy (non-hydrogen) atoms. The number of aromatic nitrogens is 2. The average Bonchev–Trinajstić information content (AvgIpc) is 3.10. The third-order valence-corrected chi connectivity index (χ3v) is 5.14. The Kier molecular flexibility index (Phi) is 3.53. The lowest BCUT2D eigenvalue weighted by Crippen LogP contribution is -2.19. The van der Waals surface area contributed by atoms with Gasteiger partial charge in [-0.15, -0.1) is 11.6 Å². The molecule has 1 fully saturated rings. The quantitative estimate of drug-likeness (QED) is 0.738. The predicted molar refractivity (Wildman–Crippen MR) is 85.4 cm³/mol. The number of aryl methyl sites for hydroxylation is 2. The second-order valence-electron chi connectivity index (χ2n) is 6.51. The lowest BCUT2D eigenvalue weighted by atomic mass is 9.92. The van der Waals surface area contributed by atoms with E-state index in [0.29, 0.717) is 11.3 Å². The topological polar surface area (TPSA) is 17.8 Å². The highest BCUT2D eigenvalue weighted by atomic mass is 35.5. The van der Waals surface area contributed by atoms with E-state index in [-0.39, 0.29) is 0 Å². The van der Waals surface area contributed by atoms with E-state index in [4.69, 9.17) is 16.6 Å². The SMILES string of the molecule is Cc1cccc2nc(CCCl)n(CC3(C(C)C)CC3)c12. The zero-order valence-electron chi connectivity index (χ0n) is 12.6. The molecule has 0 amide bonds. The van der Waals surface area contributed by atoms with Gasteiger partial charge in [-0.1, -0.05) is 26.0 Å². The largest absolute Gasteiger partial charge is 0.327 e. The van der Waals surface area contributed by atoms with Crippen molar-refractivity contribution in [3.8, 4) is 0 Å². The molecular formula is C17H23ClN2. The molecule has 1 aromatic carbocycles. The summed E-state index contributed by atoms with van der Waals surface area (Å²) >= 11 is 5.97. The predicted octanol–water partition coefficient (Wildman–Crippen LogP) is 4.56. The van der Waals surface area contributed by atoms with Crippen molar-refractivity contribution in [2.75, 3.05) is 5.88 Å². The van der Waals surface area contributed by atoms with Crippen molar-refractivity contribution in [3.63, 3.8) is 0 Å². The van der Waals surface area contributed by atoms with E-state index < -0.39 is 0 Å². The lowest BCUT2D eigenvalue weighted by molar-refractivity contribution is 0.309. The first-order chi connectivity index (χ1) is 9.57. The Morgan fingerprint density at radius 3 is 2.70 bits per heavy atom. The summed E-state index contributed by atoms with van der Waals surface area (Å²) in [4.78, 5) is 4.81. The van der Waals surface area contributed by atoms with Gasteiger partial charge in [-0.25, -0.2) is 4.98 Å². The molecule has 0 unspecified atom stereocenters. The normalized spacial score (nSPS) is 17.1.